The van der Waals surface area contributed by atoms with Gasteiger partial charge in [0.05, 0.1) is 17.3 Å². The number of rotatable bonds is 3. The van der Waals surface area contributed by atoms with Crippen LogP contribution in [0.1, 0.15) is 47.6 Å². The summed E-state index contributed by atoms with van der Waals surface area (Å²) >= 11 is 0. The van der Waals surface area contributed by atoms with Crippen LogP contribution in [0.5, 0.6) is 0 Å². The number of amides is 3. The van der Waals surface area contributed by atoms with E-state index in [4.69, 9.17) is 0 Å². The van der Waals surface area contributed by atoms with E-state index in [9.17, 15) is 14.4 Å². The van der Waals surface area contributed by atoms with Crippen LogP contribution >= 0.6 is 0 Å². The molecule has 160 valence electrons. The maximum atomic E-state index is 13.4. The van der Waals surface area contributed by atoms with Crippen LogP contribution < -0.4 is 15.1 Å². The molecule has 3 aliphatic heterocycles. The molecule has 0 bridgehead atoms. The Labute approximate surface area is 185 Å². The first-order valence-corrected chi connectivity index (χ1v) is 11.0. The molecule has 0 spiro atoms. The minimum atomic E-state index is -0.670. The molecule has 1 N–H and O–H groups in total. The first kappa shape index (κ1) is 19.0. The number of piperidine rings is 1. The van der Waals surface area contributed by atoms with E-state index in [1.54, 1.807) is 11.1 Å². The highest BCUT2D eigenvalue weighted by atomic mass is 16.2. The van der Waals surface area contributed by atoms with E-state index in [1.165, 1.54) is 5.56 Å². The van der Waals surface area contributed by atoms with Crippen molar-refractivity contribution < 1.29 is 14.4 Å². The van der Waals surface area contributed by atoms with Gasteiger partial charge in [0.1, 0.15) is 6.04 Å². The van der Waals surface area contributed by atoms with Crippen molar-refractivity contribution in [2.45, 2.75) is 37.8 Å². The summed E-state index contributed by atoms with van der Waals surface area (Å²) in [6.45, 7) is 0.934. The number of benzene rings is 2. The fourth-order valence-electron chi connectivity index (χ4n) is 5.45. The molecule has 2 fully saturated rings. The summed E-state index contributed by atoms with van der Waals surface area (Å²) in [7, 11) is 0. The Bertz CT molecular complexity index is 1270. The van der Waals surface area contributed by atoms with Crippen molar-refractivity contribution >= 4 is 39.9 Å². The highest BCUT2D eigenvalue weighted by Gasteiger charge is 2.41. The van der Waals surface area contributed by atoms with Gasteiger partial charge in [0, 0.05) is 41.8 Å². The number of pyridine rings is 1. The summed E-state index contributed by atoms with van der Waals surface area (Å²) in [6, 6.07) is 13.5. The van der Waals surface area contributed by atoms with Crippen molar-refractivity contribution in [1.82, 2.24) is 10.3 Å². The van der Waals surface area contributed by atoms with Gasteiger partial charge in [0.25, 0.3) is 5.91 Å². The molecule has 3 aromatic rings. The highest BCUT2D eigenvalue weighted by molar-refractivity contribution is 6.28. The number of carbonyl (C=O) groups excluding carboxylic acids is 3. The minimum absolute atomic E-state index is 0.178. The lowest BCUT2D eigenvalue weighted by atomic mass is 10.0. The van der Waals surface area contributed by atoms with E-state index in [0.717, 1.165) is 41.5 Å². The largest absolute Gasteiger partial charge is 0.364 e. The smallest absolute Gasteiger partial charge is 0.259 e. The number of hydrogen-bond donors (Lipinski definition) is 1. The van der Waals surface area contributed by atoms with Crippen molar-refractivity contribution in [1.29, 1.82) is 0 Å². The van der Waals surface area contributed by atoms with Gasteiger partial charge in [-0.2, -0.15) is 0 Å². The average molecular weight is 426 g/mol. The first-order chi connectivity index (χ1) is 15.6. The summed E-state index contributed by atoms with van der Waals surface area (Å²) < 4.78 is 0. The van der Waals surface area contributed by atoms with Gasteiger partial charge >= 0.3 is 0 Å². The summed E-state index contributed by atoms with van der Waals surface area (Å²) in [6.07, 6.45) is 6.43. The standard InChI is InChI=1S/C25H22N4O3/c30-22-11-10-21(24(31)27-22)29-20-6-1-5-16-19(9-8-17(23(16)20)25(29)32)28-13-3-7-18(28)15-4-2-12-26-14-15/h1-2,4-6,8-9,12,14,18,21H,3,7,10-11,13H2,(H,27,30,31)/t18-,21?/m0/s1. The molecule has 2 saturated heterocycles. The van der Waals surface area contributed by atoms with Crippen LogP contribution in [0.15, 0.2) is 54.9 Å². The van der Waals surface area contributed by atoms with Crippen LogP contribution in [-0.4, -0.2) is 35.3 Å². The van der Waals surface area contributed by atoms with Gasteiger partial charge < -0.3 is 4.90 Å². The molecule has 0 saturated carbocycles. The molecule has 1 unspecified atom stereocenters. The summed E-state index contributed by atoms with van der Waals surface area (Å²) in [5, 5.41) is 4.28. The van der Waals surface area contributed by atoms with Gasteiger partial charge in [-0.1, -0.05) is 18.2 Å². The third kappa shape index (κ3) is 2.74. The molecule has 2 aromatic carbocycles. The van der Waals surface area contributed by atoms with E-state index >= 15 is 0 Å². The lowest BCUT2D eigenvalue weighted by Gasteiger charge is -2.30. The average Bonchev–Trinajstić information content (AvgIpc) is 3.40. The predicted molar refractivity (Wildman–Crippen MR) is 120 cm³/mol. The Balaban J connectivity index is 1.45. The summed E-state index contributed by atoms with van der Waals surface area (Å²) in [4.78, 5) is 45.8. The number of hydrogen-bond acceptors (Lipinski definition) is 5. The molecule has 6 rings (SSSR count). The molecule has 1 aromatic heterocycles. The zero-order chi connectivity index (χ0) is 21.8. The monoisotopic (exact) mass is 426 g/mol. The van der Waals surface area contributed by atoms with Crippen molar-refractivity contribution in [3.8, 4) is 0 Å². The Hall–Kier alpha value is -3.74. The Kier molecular flexibility index (Phi) is 4.24. The molecule has 3 aliphatic rings. The lowest BCUT2D eigenvalue weighted by Crippen LogP contribution is -2.53. The molecule has 32 heavy (non-hydrogen) atoms. The van der Waals surface area contributed by atoms with Gasteiger partial charge in [-0.3, -0.25) is 29.6 Å². The van der Waals surface area contributed by atoms with Crippen LogP contribution in [0.2, 0.25) is 0 Å². The number of anilines is 2. The van der Waals surface area contributed by atoms with Gasteiger partial charge in [-0.15, -0.1) is 0 Å². The van der Waals surface area contributed by atoms with Crippen molar-refractivity contribution in [2.24, 2.45) is 0 Å². The van der Waals surface area contributed by atoms with E-state index in [-0.39, 0.29) is 24.3 Å². The Morgan fingerprint density at radius 2 is 1.84 bits per heavy atom. The highest BCUT2D eigenvalue weighted by Crippen LogP contribution is 2.46. The zero-order valence-electron chi connectivity index (χ0n) is 17.5. The SMILES string of the molecule is O=C1CCC(N2C(=O)c3ccc(N4CCC[C@H]4c4cccnc4)c4cccc2c34)C(=O)N1. The number of imide groups is 1. The van der Waals surface area contributed by atoms with E-state index in [1.807, 2.05) is 36.5 Å². The number of carbonyl (C=O) groups is 3. The van der Waals surface area contributed by atoms with E-state index in [0.29, 0.717) is 12.0 Å². The second-order valence-electron chi connectivity index (χ2n) is 8.61. The van der Waals surface area contributed by atoms with Crippen molar-refractivity contribution in [3.05, 3.63) is 66.0 Å². The van der Waals surface area contributed by atoms with Crippen LogP contribution in [0, 0.1) is 0 Å². The molecular formula is C25H22N4O3. The lowest BCUT2D eigenvalue weighted by molar-refractivity contribution is -0.134. The predicted octanol–water partition coefficient (Wildman–Crippen LogP) is 3.34. The van der Waals surface area contributed by atoms with Gasteiger partial charge in [-0.05, 0) is 49.1 Å². The fraction of sp³-hybridized carbons (Fsp3) is 0.280. The second kappa shape index (κ2) is 7.15. The Morgan fingerprint density at radius 1 is 0.938 bits per heavy atom. The molecular weight excluding hydrogens is 404 g/mol. The maximum absolute atomic E-state index is 13.4. The minimum Gasteiger partial charge on any atom is -0.364 e. The summed E-state index contributed by atoms with van der Waals surface area (Å²) in [5.41, 5.74) is 3.64. The fourth-order valence-corrected chi connectivity index (χ4v) is 5.45. The molecule has 0 aliphatic carbocycles. The van der Waals surface area contributed by atoms with Crippen LogP contribution in [0.4, 0.5) is 11.4 Å². The van der Waals surface area contributed by atoms with Crippen LogP contribution in [0.25, 0.3) is 10.8 Å². The number of nitrogens with one attached hydrogen (secondary N) is 1. The first-order valence-electron chi connectivity index (χ1n) is 11.0. The molecule has 7 nitrogen and oxygen atoms in total. The number of nitrogens with zero attached hydrogens (tertiary/aromatic N) is 3. The van der Waals surface area contributed by atoms with Gasteiger partial charge in [0.15, 0.2) is 0 Å². The molecule has 4 heterocycles. The molecule has 2 atom stereocenters. The van der Waals surface area contributed by atoms with Gasteiger partial charge in [-0.25, -0.2) is 0 Å². The summed E-state index contributed by atoms with van der Waals surface area (Å²) in [5.74, 6) is -0.871. The van der Waals surface area contributed by atoms with Crippen LogP contribution in [0.3, 0.4) is 0 Å². The third-order valence-corrected chi connectivity index (χ3v) is 6.86. The quantitative estimate of drug-likeness (QED) is 0.650. The van der Waals surface area contributed by atoms with Crippen molar-refractivity contribution in [3.63, 3.8) is 0 Å². The molecule has 7 heteroatoms. The Morgan fingerprint density at radius 3 is 2.66 bits per heavy atom. The molecule has 3 amide bonds. The second-order valence-corrected chi connectivity index (χ2v) is 8.61. The maximum Gasteiger partial charge on any atom is 0.259 e. The zero-order valence-corrected chi connectivity index (χ0v) is 17.5. The van der Waals surface area contributed by atoms with E-state index < -0.39 is 11.9 Å². The number of aromatic nitrogens is 1. The topological polar surface area (TPSA) is 82.6 Å². The van der Waals surface area contributed by atoms with Crippen molar-refractivity contribution in [2.75, 3.05) is 16.3 Å². The molecule has 0 radical (unpaired) electrons. The third-order valence-electron chi connectivity index (χ3n) is 6.86. The van der Waals surface area contributed by atoms with E-state index in [2.05, 4.69) is 27.3 Å². The normalized spacial score (nSPS) is 22.7. The van der Waals surface area contributed by atoms with Crippen LogP contribution in [-0.2, 0) is 9.59 Å². The van der Waals surface area contributed by atoms with Gasteiger partial charge in [0.2, 0.25) is 11.8 Å².